The molecule has 0 nitrogen and oxygen atoms in total. The average molecular weight is 134 g/mol. The van der Waals surface area contributed by atoms with Crippen LogP contribution in [0.1, 0.15) is 12.8 Å². The van der Waals surface area contributed by atoms with E-state index in [1.54, 1.807) is 6.08 Å². The topological polar surface area (TPSA) is 0 Å². The molecule has 0 saturated carbocycles. The van der Waals surface area contributed by atoms with Crippen molar-refractivity contribution >= 4 is 0 Å². The van der Waals surface area contributed by atoms with Gasteiger partial charge < -0.3 is 0 Å². The SMILES string of the molecule is C=C/C=C\C(=C)CCC=C. The lowest BCUT2D eigenvalue weighted by Gasteiger charge is -1.92. The van der Waals surface area contributed by atoms with E-state index in [0.717, 1.165) is 18.4 Å². The largest absolute Gasteiger partial charge is 0.103 e. The Balaban J connectivity index is 3.52. The van der Waals surface area contributed by atoms with Crippen LogP contribution in [0.5, 0.6) is 0 Å². The van der Waals surface area contributed by atoms with Gasteiger partial charge in [0.2, 0.25) is 0 Å². The monoisotopic (exact) mass is 134 g/mol. The highest BCUT2D eigenvalue weighted by Crippen LogP contribution is 2.03. The maximum Gasteiger partial charge on any atom is -0.0250 e. The molecule has 0 aromatic heterocycles. The van der Waals surface area contributed by atoms with E-state index in [1.807, 2.05) is 18.2 Å². The fraction of sp³-hybridized carbons (Fsp3) is 0.200. The third-order valence-electron chi connectivity index (χ3n) is 1.14. The Bertz CT molecular complexity index is 149. The summed E-state index contributed by atoms with van der Waals surface area (Å²) in [7, 11) is 0. The Morgan fingerprint density at radius 1 is 1.30 bits per heavy atom. The molecule has 0 spiro atoms. The maximum atomic E-state index is 3.85. The minimum atomic E-state index is 0.994. The Kier molecular flexibility index (Phi) is 5.45. The van der Waals surface area contributed by atoms with Gasteiger partial charge in [0.05, 0.1) is 0 Å². The molecule has 0 aliphatic heterocycles. The second-order valence-corrected chi connectivity index (χ2v) is 2.08. The van der Waals surface area contributed by atoms with Gasteiger partial charge in [0.1, 0.15) is 0 Å². The third-order valence-corrected chi connectivity index (χ3v) is 1.14. The molecule has 10 heavy (non-hydrogen) atoms. The molecule has 0 radical (unpaired) electrons. The highest BCUT2D eigenvalue weighted by molar-refractivity contribution is 5.18. The summed E-state index contributed by atoms with van der Waals surface area (Å²) < 4.78 is 0. The van der Waals surface area contributed by atoms with Crippen molar-refractivity contribution in [3.05, 3.63) is 49.6 Å². The quantitative estimate of drug-likeness (QED) is 0.400. The van der Waals surface area contributed by atoms with Crippen LogP contribution in [0.25, 0.3) is 0 Å². The molecule has 0 aromatic carbocycles. The molecule has 0 saturated heterocycles. The summed E-state index contributed by atoms with van der Waals surface area (Å²) >= 11 is 0. The van der Waals surface area contributed by atoms with E-state index in [1.165, 1.54) is 0 Å². The predicted octanol–water partition coefficient (Wildman–Crippen LogP) is 3.25. The Morgan fingerprint density at radius 3 is 2.50 bits per heavy atom. The summed E-state index contributed by atoms with van der Waals surface area (Å²) in [5, 5.41) is 0. The first kappa shape index (κ1) is 8.96. The van der Waals surface area contributed by atoms with Crippen molar-refractivity contribution in [2.75, 3.05) is 0 Å². The summed E-state index contributed by atoms with van der Waals surface area (Å²) in [6.45, 7) is 11.0. The first-order valence-corrected chi connectivity index (χ1v) is 3.39. The first-order chi connectivity index (χ1) is 4.81. The van der Waals surface area contributed by atoms with Crippen LogP contribution in [0.2, 0.25) is 0 Å². The van der Waals surface area contributed by atoms with Crippen LogP contribution in [0.3, 0.4) is 0 Å². The van der Waals surface area contributed by atoms with Gasteiger partial charge in [-0.15, -0.1) is 6.58 Å². The van der Waals surface area contributed by atoms with E-state index in [9.17, 15) is 0 Å². The van der Waals surface area contributed by atoms with Gasteiger partial charge in [0, 0.05) is 0 Å². The van der Waals surface area contributed by atoms with Crippen molar-refractivity contribution in [3.63, 3.8) is 0 Å². The van der Waals surface area contributed by atoms with Crippen LogP contribution < -0.4 is 0 Å². The molecule has 0 fully saturated rings. The molecular formula is C10H14. The zero-order valence-corrected chi connectivity index (χ0v) is 6.34. The summed E-state index contributed by atoms with van der Waals surface area (Å²) in [6.07, 6.45) is 9.50. The molecule has 0 heteroatoms. The molecule has 54 valence electrons. The van der Waals surface area contributed by atoms with Crippen molar-refractivity contribution in [2.24, 2.45) is 0 Å². The van der Waals surface area contributed by atoms with Crippen LogP contribution in [0.15, 0.2) is 49.6 Å². The van der Waals surface area contributed by atoms with Gasteiger partial charge in [0.25, 0.3) is 0 Å². The van der Waals surface area contributed by atoms with Crippen molar-refractivity contribution in [2.45, 2.75) is 12.8 Å². The highest BCUT2D eigenvalue weighted by Gasteiger charge is 1.83. The molecule has 0 bridgehead atoms. The highest BCUT2D eigenvalue weighted by atomic mass is 13.9. The predicted molar refractivity (Wildman–Crippen MR) is 47.9 cm³/mol. The van der Waals surface area contributed by atoms with Crippen molar-refractivity contribution < 1.29 is 0 Å². The lowest BCUT2D eigenvalue weighted by atomic mass is 10.1. The summed E-state index contributed by atoms with van der Waals surface area (Å²) in [5.41, 5.74) is 1.12. The Labute approximate surface area is 63.3 Å². The minimum absolute atomic E-state index is 0.994. The zero-order valence-electron chi connectivity index (χ0n) is 6.34. The molecule has 0 rings (SSSR count). The van der Waals surface area contributed by atoms with E-state index < -0.39 is 0 Å². The van der Waals surface area contributed by atoms with Gasteiger partial charge in [-0.3, -0.25) is 0 Å². The minimum Gasteiger partial charge on any atom is -0.103 e. The Hall–Kier alpha value is -1.04. The summed E-state index contributed by atoms with van der Waals surface area (Å²) in [6, 6.07) is 0. The van der Waals surface area contributed by atoms with Crippen LogP contribution in [-0.2, 0) is 0 Å². The third kappa shape index (κ3) is 5.10. The van der Waals surface area contributed by atoms with E-state index in [0.29, 0.717) is 0 Å². The van der Waals surface area contributed by atoms with Crippen LogP contribution >= 0.6 is 0 Å². The smallest absolute Gasteiger partial charge is 0.0250 e. The molecule has 0 N–H and O–H groups in total. The molecule has 0 amide bonds. The first-order valence-electron chi connectivity index (χ1n) is 3.39. The molecule has 0 aliphatic carbocycles. The van der Waals surface area contributed by atoms with Crippen molar-refractivity contribution in [3.8, 4) is 0 Å². The normalized spacial score (nSPS) is 9.60. The van der Waals surface area contributed by atoms with Crippen molar-refractivity contribution in [1.82, 2.24) is 0 Å². The fourth-order valence-corrected chi connectivity index (χ4v) is 0.575. The van der Waals surface area contributed by atoms with Gasteiger partial charge in [0.15, 0.2) is 0 Å². The van der Waals surface area contributed by atoms with Gasteiger partial charge in [-0.25, -0.2) is 0 Å². The number of rotatable bonds is 5. The van der Waals surface area contributed by atoms with Crippen molar-refractivity contribution in [1.29, 1.82) is 0 Å². The second-order valence-electron chi connectivity index (χ2n) is 2.08. The second kappa shape index (κ2) is 6.09. The summed E-state index contributed by atoms with van der Waals surface area (Å²) in [4.78, 5) is 0. The standard InChI is InChI=1S/C10H14/c1-4-6-8-10(3)9-7-5-2/h4-6,8H,1-3,7,9H2/b8-6-. The molecule has 0 unspecified atom stereocenters. The van der Waals surface area contributed by atoms with Crippen LogP contribution in [-0.4, -0.2) is 0 Å². The van der Waals surface area contributed by atoms with Gasteiger partial charge >= 0.3 is 0 Å². The molecule has 0 aliphatic rings. The lowest BCUT2D eigenvalue weighted by molar-refractivity contribution is 1.02. The van der Waals surface area contributed by atoms with E-state index in [-0.39, 0.29) is 0 Å². The number of hydrogen-bond donors (Lipinski definition) is 0. The van der Waals surface area contributed by atoms with E-state index in [2.05, 4.69) is 19.7 Å². The molecule has 0 aromatic rings. The molecule has 0 heterocycles. The van der Waals surface area contributed by atoms with E-state index in [4.69, 9.17) is 0 Å². The Morgan fingerprint density at radius 2 is 2.00 bits per heavy atom. The van der Waals surface area contributed by atoms with Gasteiger partial charge in [-0.2, -0.15) is 0 Å². The average Bonchev–Trinajstić information content (AvgIpc) is 1.97. The van der Waals surface area contributed by atoms with Crippen LogP contribution in [0, 0.1) is 0 Å². The fourth-order valence-electron chi connectivity index (χ4n) is 0.575. The maximum absolute atomic E-state index is 3.85. The molecule has 0 atom stereocenters. The van der Waals surface area contributed by atoms with Crippen LogP contribution in [0.4, 0.5) is 0 Å². The summed E-state index contributed by atoms with van der Waals surface area (Å²) in [5.74, 6) is 0. The lowest BCUT2D eigenvalue weighted by Crippen LogP contribution is -1.72. The van der Waals surface area contributed by atoms with Gasteiger partial charge in [-0.1, -0.05) is 43.0 Å². The number of hydrogen-bond acceptors (Lipinski definition) is 0. The zero-order chi connectivity index (χ0) is 7.82. The molecular weight excluding hydrogens is 120 g/mol. The number of allylic oxidation sites excluding steroid dienone is 5. The van der Waals surface area contributed by atoms with Gasteiger partial charge in [-0.05, 0) is 12.8 Å². The van der Waals surface area contributed by atoms with E-state index >= 15 is 0 Å².